The van der Waals surface area contributed by atoms with Gasteiger partial charge in [-0.3, -0.25) is 4.79 Å². The van der Waals surface area contributed by atoms with Crippen molar-refractivity contribution in [1.82, 2.24) is 4.57 Å². The Kier molecular flexibility index (Phi) is 3.64. The van der Waals surface area contributed by atoms with Crippen molar-refractivity contribution in [3.05, 3.63) is 65.4 Å². The molecule has 0 amide bonds. The molecule has 3 nitrogen and oxygen atoms in total. The topological polar surface area (TPSA) is 31.2 Å². The Bertz CT molecular complexity index is 905. The molecule has 2 aromatic carbocycles. The Morgan fingerprint density at radius 3 is 2.62 bits per heavy atom. The highest BCUT2D eigenvalue weighted by Gasteiger charge is 2.29. The number of methoxy groups -OCH3 is 1. The molecule has 0 saturated heterocycles. The zero-order chi connectivity index (χ0) is 16.7. The maximum absolute atomic E-state index is 12.7. The number of rotatable bonds is 3. The van der Waals surface area contributed by atoms with E-state index in [-0.39, 0.29) is 5.92 Å². The normalized spacial score (nSPS) is 17.1. The minimum atomic E-state index is 0.123. The molecule has 1 atom stereocenters. The molecule has 122 valence electrons. The fourth-order valence-electron chi connectivity index (χ4n) is 3.72. The van der Waals surface area contributed by atoms with E-state index >= 15 is 0 Å². The number of benzene rings is 2. The van der Waals surface area contributed by atoms with Crippen LogP contribution in [0.15, 0.2) is 48.5 Å². The fraction of sp³-hybridized carbons (Fsp3) is 0.286. The SMILES string of the molecule is COc1ccc(Cn2c3c(c4ccccc42)C(=O)C(C)CC3)cc1. The molecule has 0 bridgehead atoms. The minimum absolute atomic E-state index is 0.123. The number of carbonyl (C=O) groups is 1. The van der Waals surface area contributed by atoms with Crippen molar-refractivity contribution in [2.24, 2.45) is 5.92 Å². The summed E-state index contributed by atoms with van der Waals surface area (Å²) in [5.74, 6) is 1.28. The molecule has 0 fully saturated rings. The van der Waals surface area contributed by atoms with Crippen molar-refractivity contribution >= 4 is 16.7 Å². The van der Waals surface area contributed by atoms with Gasteiger partial charge in [0.15, 0.2) is 5.78 Å². The molecule has 1 aliphatic rings. The summed E-state index contributed by atoms with van der Waals surface area (Å²) < 4.78 is 7.56. The number of para-hydroxylation sites is 1. The van der Waals surface area contributed by atoms with Gasteiger partial charge in [-0.15, -0.1) is 0 Å². The van der Waals surface area contributed by atoms with Gasteiger partial charge in [-0.25, -0.2) is 0 Å². The lowest BCUT2D eigenvalue weighted by Gasteiger charge is -2.20. The van der Waals surface area contributed by atoms with Crippen LogP contribution in [0, 0.1) is 5.92 Å². The van der Waals surface area contributed by atoms with E-state index in [1.54, 1.807) is 7.11 Å². The van der Waals surface area contributed by atoms with E-state index in [9.17, 15) is 4.79 Å². The van der Waals surface area contributed by atoms with E-state index in [0.717, 1.165) is 41.6 Å². The second-order valence-electron chi connectivity index (χ2n) is 6.58. The average Bonchev–Trinajstić information content (AvgIpc) is 2.93. The van der Waals surface area contributed by atoms with Crippen molar-refractivity contribution in [2.45, 2.75) is 26.3 Å². The smallest absolute Gasteiger partial charge is 0.168 e. The first-order chi connectivity index (χ1) is 11.7. The van der Waals surface area contributed by atoms with Crippen molar-refractivity contribution in [1.29, 1.82) is 0 Å². The van der Waals surface area contributed by atoms with Crippen molar-refractivity contribution in [3.63, 3.8) is 0 Å². The van der Waals surface area contributed by atoms with E-state index in [4.69, 9.17) is 4.74 Å². The average molecular weight is 319 g/mol. The largest absolute Gasteiger partial charge is 0.497 e. The molecule has 0 N–H and O–H groups in total. The molecule has 1 aliphatic carbocycles. The molecule has 0 spiro atoms. The third kappa shape index (κ3) is 2.32. The predicted octanol–water partition coefficient (Wildman–Crippen LogP) is 4.46. The van der Waals surface area contributed by atoms with Crippen LogP contribution in [-0.2, 0) is 13.0 Å². The lowest BCUT2D eigenvalue weighted by atomic mass is 9.86. The standard InChI is InChI=1S/C21H21NO2/c1-14-7-12-19-20(21(14)23)17-5-3-4-6-18(17)22(19)13-15-8-10-16(24-2)11-9-15/h3-6,8-11,14H,7,12-13H2,1-2H3. The first-order valence-electron chi connectivity index (χ1n) is 8.46. The summed E-state index contributed by atoms with van der Waals surface area (Å²) >= 11 is 0. The highest BCUT2D eigenvalue weighted by Crippen LogP contribution is 2.34. The molecule has 0 radical (unpaired) electrons. The van der Waals surface area contributed by atoms with Crippen LogP contribution in [0.3, 0.4) is 0 Å². The number of hydrogen-bond donors (Lipinski definition) is 0. The Hall–Kier alpha value is -2.55. The highest BCUT2D eigenvalue weighted by atomic mass is 16.5. The number of aromatic nitrogens is 1. The summed E-state index contributed by atoms with van der Waals surface area (Å²) in [7, 11) is 1.68. The number of nitrogens with zero attached hydrogens (tertiary/aromatic N) is 1. The van der Waals surface area contributed by atoms with Crippen LogP contribution in [0.1, 0.15) is 35.0 Å². The second kappa shape index (κ2) is 5.82. The van der Waals surface area contributed by atoms with Gasteiger partial charge >= 0.3 is 0 Å². The lowest BCUT2D eigenvalue weighted by molar-refractivity contribution is 0.0914. The molecule has 4 rings (SSSR count). The Labute approximate surface area is 141 Å². The van der Waals surface area contributed by atoms with Crippen LogP contribution < -0.4 is 4.74 Å². The maximum atomic E-state index is 12.7. The van der Waals surface area contributed by atoms with Gasteiger partial charge in [0.25, 0.3) is 0 Å². The molecule has 0 aliphatic heterocycles. The van der Waals surface area contributed by atoms with Crippen molar-refractivity contribution in [2.75, 3.05) is 7.11 Å². The number of fused-ring (bicyclic) bond motifs is 3. The van der Waals surface area contributed by atoms with E-state index < -0.39 is 0 Å². The van der Waals surface area contributed by atoms with Gasteiger partial charge < -0.3 is 9.30 Å². The first kappa shape index (κ1) is 15.0. The summed E-state index contributed by atoms with van der Waals surface area (Å²) in [5, 5.41) is 1.09. The van der Waals surface area contributed by atoms with E-state index in [1.807, 2.05) is 31.2 Å². The van der Waals surface area contributed by atoms with Gasteiger partial charge in [0.2, 0.25) is 0 Å². The monoisotopic (exact) mass is 319 g/mol. The Balaban J connectivity index is 1.84. The van der Waals surface area contributed by atoms with E-state index in [1.165, 1.54) is 11.3 Å². The van der Waals surface area contributed by atoms with Crippen LogP contribution in [0.5, 0.6) is 5.75 Å². The van der Waals surface area contributed by atoms with Gasteiger partial charge in [0.1, 0.15) is 5.75 Å². The molecular weight excluding hydrogens is 298 g/mol. The maximum Gasteiger partial charge on any atom is 0.168 e. The van der Waals surface area contributed by atoms with Gasteiger partial charge in [-0.1, -0.05) is 37.3 Å². The quantitative estimate of drug-likeness (QED) is 0.713. The van der Waals surface area contributed by atoms with Crippen LogP contribution in [0.25, 0.3) is 10.9 Å². The molecule has 24 heavy (non-hydrogen) atoms. The molecular formula is C21H21NO2. The predicted molar refractivity (Wildman–Crippen MR) is 95.8 cm³/mol. The molecule has 3 heteroatoms. The number of hydrogen-bond acceptors (Lipinski definition) is 2. The van der Waals surface area contributed by atoms with Gasteiger partial charge in [0.05, 0.1) is 7.11 Å². The van der Waals surface area contributed by atoms with Crippen LogP contribution in [-0.4, -0.2) is 17.5 Å². The van der Waals surface area contributed by atoms with Gasteiger partial charge in [-0.2, -0.15) is 0 Å². The van der Waals surface area contributed by atoms with E-state index in [2.05, 4.69) is 28.8 Å². The number of ether oxygens (including phenoxy) is 1. The van der Waals surface area contributed by atoms with Crippen LogP contribution >= 0.6 is 0 Å². The summed E-state index contributed by atoms with van der Waals surface area (Å²) in [6, 6.07) is 16.4. The van der Waals surface area contributed by atoms with Crippen molar-refractivity contribution in [3.8, 4) is 5.75 Å². The zero-order valence-corrected chi connectivity index (χ0v) is 14.1. The van der Waals surface area contributed by atoms with Gasteiger partial charge in [0, 0.05) is 34.6 Å². The second-order valence-corrected chi connectivity index (χ2v) is 6.58. The zero-order valence-electron chi connectivity index (χ0n) is 14.1. The van der Waals surface area contributed by atoms with Crippen molar-refractivity contribution < 1.29 is 9.53 Å². The third-order valence-electron chi connectivity index (χ3n) is 5.09. The number of Topliss-reactive ketones (excluding diaryl/α,β-unsaturated/α-hetero) is 1. The lowest BCUT2D eigenvalue weighted by Crippen LogP contribution is -2.21. The molecule has 1 aromatic heterocycles. The molecule has 3 aromatic rings. The Morgan fingerprint density at radius 2 is 1.88 bits per heavy atom. The highest BCUT2D eigenvalue weighted by molar-refractivity contribution is 6.11. The summed E-state index contributed by atoms with van der Waals surface area (Å²) in [6.07, 6.45) is 1.90. The number of ketones is 1. The third-order valence-corrected chi connectivity index (χ3v) is 5.09. The molecule has 1 unspecified atom stereocenters. The fourth-order valence-corrected chi connectivity index (χ4v) is 3.72. The molecule has 0 saturated carbocycles. The van der Waals surface area contributed by atoms with Crippen LogP contribution in [0.2, 0.25) is 0 Å². The Morgan fingerprint density at radius 1 is 1.12 bits per heavy atom. The minimum Gasteiger partial charge on any atom is -0.497 e. The molecule has 1 heterocycles. The summed E-state index contributed by atoms with van der Waals surface area (Å²) in [5.41, 5.74) is 4.50. The van der Waals surface area contributed by atoms with Gasteiger partial charge in [-0.05, 0) is 36.6 Å². The number of carbonyl (C=O) groups excluding carboxylic acids is 1. The summed E-state index contributed by atoms with van der Waals surface area (Å²) in [4.78, 5) is 12.7. The van der Waals surface area contributed by atoms with Crippen LogP contribution in [0.4, 0.5) is 0 Å². The first-order valence-corrected chi connectivity index (χ1v) is 8.46. The summed E-state index contributed by atoms with van der Waals surface area (Å²) in [6.45, 7) is 2.82. The van der Waals surface area contributed by atoms with E-state index in [0.29, 0.717) is 5.78 Å².